The lowest BCUT2D eigenvalue weighted by atomic mass is 9.98. The number of carbonyl (C=O) groups is 1. The van der Waals surface area contributed by atoms with E-state index in [0.717, 1.165) is 0 Å². The summed E-state index contributed by atoms with van der Waals surface area (Å²) >= 11 is 0. The second-order valence-corrected chi connectivity index (χ2v) is 5.22. The maximum absolute atomic E-state index is 12.1. The van der Waals surface area contributed by atoms with Crippen molar-refractivity contribution in [2.24, 2.45) is 0 Å². The zero-order chi connectivity index (χ0) is 15.6. The van der Waals surface area contributed by atoms with Crippen LogP contribution in [0.25, 0.3) is 0 Å². The summed E-state index contributed by atoms with van der Waals surface area (Å²) in [5, 5.41) is 9.21. The Labute approximate surface area is 122 Å². The molecule has 0 saturated carbocycles. The summed E-state index contributed by atoms with van der Waals surface area (Å²) in [4.78, 5) is 27.3. The van der Waals surface area contributed by atoms with E-state index in [0.29, 0.717) is 43.3 Å². The van der Waals surface area contributed by atoms with Gasteiger partial charge in [0, 0.05) is 17.0 Å². The predicted octanol–water partition coefficient (Wildman–Crippen LogP) is 0.464. The van der Waals surface area contributed by atoms with Crippen molar-refractivity contribution < 1.29 is 19.4 Å². The number of hydrogen-bond acceptors (Lipinski definition) is 5. The van der Waals surface area contributed by atoms with Crippen molar-refractivity contribution in [2.75, 3.05) is 19.8 Å². The van der Waals surface area contributed by atoms with Gasteiger partial charge < -0.3 is 14.6 Å². The highest BCUT2D eigenvalue weighted by Gasteiger charge is 2.24. The van der Waals surface area contributed by atoms with Gasteiger partial charge in [-0.2, -0.15) is 4.98 Å². The smallest absolute Gasteiger partial charge is 0.348 e. The number of rotatable bonds is 4. The van der Waals surface area contributed by atoms with Crippen LogP contribution in [0.2, 0.25) is 0 Å². The van der Waals surface area contributed by atoms with E-state index in [-0.39, 0.29) is 11.8 Å². The summed E-state index contributed by atoms with van der Waals surface area (Å²) < 4.78 is 12.3. The molecule has 2 atom stereocenters. The monoisotopic (exact) mass is 296 g/mol. The molecule has 2 unspecified atom stereocenters. The van der Waals surface area contributed by atoms with E-state index in [2.05, 4.69) is 4.98 Å². The number of aromatic nitrogens is 2. The molecule has 2 rings (SSSR count). The van der Waals surface area contributed by atoms with Gasteiger partial charge in [-0.3, -0.25) is 9.36 Å². The number of carboxylic acids is 1. The summed E-state index contributed by atoms with van der Waals surface area (Å²) in [6.45, 7) is 6.78. The largest absolute Gasteiger partial charge is 0.481 e. The van der Waals surface area contributed by atoms with Gasteiger partial charge in [-0.15, -0.1) is 0 Å². The van der Waals surface area contributed by atoms with Crippen LogP contribution in [-0.4, -0.2) is 46.6 Å². The van der Waals surface area contributed by atoms with Gasteiger partial charge in [0.25, 0.3) is 0 Å². The van der Waals surface area contributed by atoms with Crippen LogP contribution in [0.15, 0.2) is 4.79 Å². The van der Waals surface area contributed by atoms with E-state index in [1.54, 1.807) is 20.8 Å². The molecule has 7 heteroatoms. The number of hydrogen-bond donors (Lipinski definition) is 1. The highest BCUT2D eigenvalue weighted by Crippen LogP contribution is 2.21. The summed E-state index contributed by atoms with van der Waals surface area (Å²) in [5.41, 5.74) is 1.28. The minimum atomic E-state index is -0.939. The number of ether oxygens (including phenoxy) is 2. The maximum atomic E-state index is 12.1. The third-order valence-electron chi connectivity index (χ3n) is 3.75. The SMILES string of the molecule is Cc1nc(=O)n(CC2COCCO2)c(C)c1C(C)C(=O)O. The standard InChI is InChI=1S/C14H20N2O5/c1-8(13(17)18)12-9(2)15-14(19)16(10(12)3)6-11-7-20-4-5-21-11/h8,11H,4-7H2,1-3H3,(H,17,18). The molecule has 0 aliphatic carbocycles. The van der Waals surface area contributed by atoms with E-state index >= 15 is 0 Å². The molecule has 1 fully saturated rings. The van der Waals surface area contributed by atoms with Gasteiger partial charge in [0.15, 0.2) is 0 Å². The first-order chi connectivity index (χ1) is 9.91. The van der Waals surface area contributed by atoms with Crippen molar-refractivity contribution in [1.29, 1.82) is 0 Å². The Morgan fingerprint density at radius 3 is 2.76 bits per heavy atom. The van der Waals surface area contributed by atoms with Gasteiger partial charge in [0.2, 0.25) is 0 Å². The molecule has 1 saturated heterocycles. The highest BCUT2D eigenvalue weighted by atomic mass is 16.6. The van der Waals surface area contributed by atoms with Crippen molar-refractivity contribution >= 4 is 5.97 Å². The predicted molar refractivity (Wildman–Crippen MR) is 74.6 cm³/mol. The van der Waals surface area contributed by atoms with Crippen LogP contribution >= 0.6 is 0 Å². The number of aliphatic carboxylic acids is 1. The molecule has 2 heterocycles. The van der Waals surface area contributed by atoms with Crippen molar-refractivity contribution in [3.8, 4) is 0 Å². The molecule has 7 nitrogen and oxygen atoms in total. The third-order valence-corrected chi connectivity index (χ3v) is 3.75. The van der Waals surface area contributed by atoms with Gasteiger partial charge in [-0.05, 0) is 20.8 Å². The molecule has 1 aliphatic heterocycles. The Kier molecular flexibility index (Phi) is 4.74. The first kappa shape index (κ1) is 15.7. The zero-order valence-corrected chi connectivity index (χ0v) is 12.5. The molecule has 0 bridgehead atoms. The molecule has 116 valence electrons. The lowest BCUT2D eigenvalue weighted by Gasteiger charge is -2.25. The molecule has 1 aromatic heterocycles. The molecule has 1 aromatic rings. The minimum absolute atomic E-state index is 0.215. The fourth-order valence-electron chi connectivity index (χ4n) is 2.63. The molecule has 21 heavy (non-hydrogen) atoms. The number of carboxylic acid groups (broad SMARTS) is 1. The first-order valence-electron chi connectivity index (χ1n) is 6.92. The van der Waals surface area contributed by atoms with Gasteiger partial charge in [-0.1, -0.05) is 0 Å². The maximum Gasteiger partial charge on any atom is 0.348 e. The van der Waals surface area contributed by atoms with Gasteiger partial charge in [0.1, 0.15) is 0 Å². The summed E-state index contributed by atoms with van der Waals surface area (Å²) in [5.74, 6) is -1.65. The fourth-order valence-corrected chi connectivity index (χ4v) is 2.63. The molecular weight excluding hydrogens is 276 g/mol. The van der Waals surface area contributed by atoms with Crippen molar-refractivity contribution in [3.05, 3.63) is 27.4 Å². The van der Waals surface area contributed by atoms with Crippen molar-refractivity contribution in [2.45, 2.75) is 39.3 Å². The molecule has 1 aliphatic rings. The normalized spacial score (nSPS) is 20.2. The Balaban J connectivity index is 2.38. The van der Waals surface area contributed by atoms with E-state index in [4.69, 9.17) is 9.47 Å². The molecule has 1 N–H and O–H groups in total. The second kappa shape index (κ2) is 6.36. The minimum Gasteiger partial charge on any atom is -0.481 e. The van der Waals surface area contributed by atoms with Crippen LogP contribution in [0.4, 0.5) is 0 Å². The molecular formula is C14H20N2O5. The summed E-state index contributed by atoms with van der Waals surface area (Å²) in [7, 11) is 0. The first-order valence-corrected chi connectivity index (χ1v) is 6.92. The number of aryl methyl sites for hydroxylation is 1. The third kappa shape index (κ3) is 3.30. The van der Waals surface area contributed by atoms with Crippen LogP contribution in [0.1, 0.15) is 29.8 Å². The average Bonchev–Trinajstić information content (AvgIpc) is 2.44. The van der Waals surface area contributed by atoms with Crippen LogP contribution in [0.3, 0.4) is 0 Å². The summed E-state index contributed by atoms with van der Waals surface area (Å²) in [6, 6.07) is 0. The Bertz CT molecular complexity index is 590. The topological polar surface area (TPSA) is 90.7 Å². The van der Waals surface area contributed by atoms with Crippen LogP contribution in [-0.2, 0) is 20.8 Å². The van der Waals surface area contributed by atoms with Gasteiger partial charge >= 0.3 is 11.7 Å². The van der Waals surface area contributed by atoms with Gasteiger partial charge in [0.05, 0.1) is 38.4 Å². The lowest BCUT2D eigenvalue weighted by molar-refractivity contribution is -0.138. The van der Waals surface area contributed by atoms with Crippen LogP contribution in [0, 0.1) is 13.8 Å². The van der Waals surface area contributed by atoms with Gasteiger partial charge in [-0.25, -0.2) is 4.79 Å². The Morgan fingerprint density at radius 2 is 2.19 bits per heavy atom. The van der Waals surface area contributed by atoms with Crippen LogP contribution in [0.5, 0.6) is 0 Å². The molecule has 0 spiro atoms. The quantitative estimate of drug-likeness (QED) is 0.868. The Hall–Kier alpha value is -1.73. The lowest BCUT2D eigenvalue weighted by Crippen LogP contribution is -2.38. The second-order valence-electron chi connectivity index (χ2n) is 5.22. The summed E-state index contributed by atoms with van der Waals surface area (Å²) in [6.07, 6.45) is -0.215. The van der Waals surface area contributed by atoms with Crippen molar-refractivity contribution in [1.82, 2.24) is 9.55 Å². The molecule has 0 amide bonds. The Morgan fingerprint density at radius 1 is 1.48 bits per heavy atom. The average molecular weight is 296 g/mol. The zero-order valence-electron chi connectivity index (χ0n) is 12.5. The number of nitrogens with zero attached hydrogens (tertiary/aromatic N) is 2. The fraction of sp³-hybridized carbons (Fsp3) is 0.643. The van der Waals surface area contributed by atoms with E-state index in [1.165, 1.54) is 4.57 Å². The van der Waals surface area contributed by atoms with Crippen molar-refractivity contribution in [3.63, 3.8) is 0 Å². The van der Waals surface area contributed by atoms with E-state index in [1.807, 2.05) is 0 Å². The molecule has 0 radical (unpaired) electrons. The van der Waals surface area contributed by atoms with E-state index < -0.39 is 11.9 Å². The highest BCUT2D eigenvalue weighted by molar-refractivity contribution is 5.76. The van der Waals surface area contributed by atoms with Crippen LogP contribution < -0.4 is 5.69 Å². The van der Waals surface area contributed by atoms with E-state index in [9.17, 15) is 14.7 Å². The molecule has 0 aromatic carbocycles.